The molecule has 0 spiro atoms. The minimum atomic E-state index is -0.399. The summed E-state index contributed by atoms with van der Waals surface area (Å²) in [4.78, 5) is 25.3. The molecule has 0 heterocycles. The summed E-state index contributed by atoms with van der Waals surface area (Å²) in [6.07, 6.45) is 40.4. The van der Waals surface area contributed by atoms with E-state index in [1.54, 1.807) is 0 Å². The summed E-state index contributed by atoms with van der Waals surface area (Å²) < 4.78 is 10.2. The SMILES string of the molecule is CCCCCCCC/C=C\CCCCCCC(C(=O)OC)C(CCCCCC/C=C\CCCCCCCC)C(=O)OC. The van der Waals surface area contributed by atoms with Gasteiger partial charge in [0.25, 0.3) is 0 Å². The Morgan fingerprint density at radius 3 is 0.976 bits per heavy atom. The van der Waals surface area contributed by atoms with Crippen LogP contribution in [0.3, 0.4) is 0 Å². The molecule has 42 heavy (non-hydrogen) atoms. The molecule has 0 aliphatic heterocycles. The Labute approximate surface area is 261 Å². The number of carbonyl (C=O) groups excluding carboxylic acids is 2. The van der Waals surface area contributed by atoms with Crippen LogP contribution in [-0.4, -0.2) is 26.2 Å². The van der Waals surface area contributed by atoms with Crippen LogP contribution in [0.1, 0.15) is 181 Å². The van der Waals surface area contributed by atoms with Gasteiger partial charge in [-0.3, -0.25) is 9.59 Å². The summed E-state index contributed by atoms with van der Waals surface area (Å²) in [6.45, 7) is 4.53. The van der Waals surface area contributed by atoms with E-state index in [9.17, 15) is 9.59 Å². The Bertz CT molecular complexity index is 597. The second-order valence-corrected chi connectivity index (χ2v) is 12.3. The van der Waals surface area contributed by atoms with E-state index >= 15 is 0 Å². The zero-order valence-electron chi connectivity index (χ0n) is 28.5. The van der Waals surface area contributed by atoms with Crippen molar-refractivity contribution in [3.63, 3.8) is 0 Å². The maximum atomic E-state index is 12.6. The molecule has 0 bridgehead atoms. The molecular weight excluding hydrogens is 520 g/mol. The lowest BCUT2D eigenvalue weighted by atomic mass is 9.83. The predicted octanol–water partition coefficient (Wildman–Crippen LogP) is 11.9. The highest BCUT2D eigenvalue weighted by molar-refractivity contribution is 5.81. The van der Waals surface area contributed by atoms with E-state index in [1.165, 1.54) is 117 Å². The van der Waals surface area contributed by atoms with Crippen LogP contribution in [-0.2, 0) is 19.1 Å². The Kier molecular flexibility index (Phi) is 31.1. The number of rotatable bonds is 31. The molecule has 0 saturated carbocycles. The lowest BCUT2D eigenvalue weighted by molar-refractivity contribution is -0.158. The zero-order chi connectivity index (χ0) is 30.9. The fourth-order valence-corrected chi connectivity index (χ4v) is 5.79. The van der Waals surface area contributed by atoms with E-state index in [0.29, 0.717) is 12.8 Å². The van der Waals surface area contributed by atoms with Crippen molar-refractivity contribution < 1.29 is 19.1 Å². The standard InChI is InChI=1S/C38H70O4/c1-5-7-9-11-13-15-17-19-21-23-25-27-29-31-33-35(37(39)41-3)36(38(40)42-4)34-32-30-28-26-24-22-20-18-16-14-12-10-8-6-2/h19-22,35-36H,5-18,23-34H2,1-4H3/b21-19-,22-20-. The average molecular weight is 591 g/mol. The first-order valence-corrected chi connectivity index (χ1v) is 18.1. The number of unbranched alkanes of at least 4 members (excludes halogenated alkanes) is 20. The highest BCUT2D eigenvalue weighted by Crippen LogP contribution is 2.28. The van der Waals surface area contributed by atoms with Gasteiger partial charge < -0.3 is 9.47 Å². The fourth-order valence-electron chi connectivity index (χ4n) is 5.79. The molecule has 0 aliphatic rings. The van der Waals surface area contributed by atoms with Crippen molar-refractivity contribution >= 4 is 11.9 Å². The van der Waals surface area contributed by atoms with Gasteiger partial charge >= 0.3 is 11.9 Å². The van der Waals surface area contributed by atoms with Crippen LogP contribution < -0.4 is 0 Å². The molecule has 0 amide bonds. The van der Waals surface area contributed by atoms with E-state index in [-0.39, 0.29) is 11.9 Å². The quantitative estimate of drug-likeness (QED) is 0.0458. The molecule has 0 rings (SSSR count). The summed E-state index contributed by atoms with van der Waals surface area (Å²) >= 11 is 0. The number of hydrogen-bond donors (Lipinski definition) is 0. The summed E-state index contributed by atoms with van der Waals surface area (Å²) in [5, 5.41) is 0. The maximum absolute atomic E-state index is 12.6. The van der Waals surface area contributed by atoms with Gasteiger partial charge in [-0.25, -0.2) is 0 Å². The molecule has 0 aromatic heterocycles. The number of ether oxygens (including phenoxy) is 2. The van der Waals surface area contributed by atoms with Crippen LogP contribution in [0.15, 0.2) is 24.3 Å². The van der Waals surface area contributed by atoms with Gasteiger partial charge in [0.2, 0.25) is 0 Å². The smallest absolute Gasteiger partial charge is 0.309 e. The zero-order valence-corrected chi connectivity index (χ0v) is 28.5. The molecule has 2 unspecified atom stereocenters. The van der Waals surface area contributed by atoms with Gasteiger partial charge in [-0.2, -0.15) is 0 Å². The van der Waals surface area contributed by atoms with Crippen LogP contribution in [0, 0.1) is 11.8 Å². The van der Waals surface area contributed by atoms with Crippen molar-refractivity contribution in [1.82, 2.24) is 0 Å². The van der Waals surface area contributed by atoms with Crippen molar-refractivity contribution in [3.8, 4) is 0 Å². The van der Waals surface area contributed by atoms with Crippen molar-refractivity contribution in [2.75, 3.05) is 14.2 Å². The fraction of sp³-hybridized carbons (Fsp3) is 0.842. The first-order chi connectivity index (χ1) is 20.6. The molecule has 0 aliphatic carbocycles. The highest BCUT2D eigenvalue weighted by atomic mass is 16.5. The number of carbonyl (C=O) groups is 2. The summed E-state index contributed by atoms with van der Waals surface area (Å²) in [6, 6.07) is 0. The molecule has 0 radical (unpaired) electrons. The van der Waals surface area contributed by atoms with Crippen LogP contribution in [0.2, 0.25) is 0 Å². The second kappa shape index (κ2) is 32.3. The molecule has 0 N–H and O–H groups in total. The molecule has 0 aromatic rings. The van der Waals surface area contributed by atoms with Crippen molar-refractivity contribution in [3.05, 3.63) is 24.3 Å². The van der Waals surface area contributed by atoms with Crippen molar-refractivity contribution in [2.24, 2.45) is 11.8 Å². The van der Waals surface area contributed by atoms with Gasteiger partial charge in [0.1, 0.15) is 0 Å². The lowest BCUT2D eigenvalue weighted by Gasteiger charge is -2.23. The van der Waals surface area contributed by atoms with Crippen molar-refractivity contribution in [1.29, 1.82) is 0 Å². The van der Waals surface area contributed by atoms with Gasteiger partial charge in [-0.1, -0.05) is 141 Å². The Hall–Kier alpha value is -1.58. The van der Waals surface area contributed by atoms with E-state index in [4.69, 9.17) is 9.47 Å². The molecule has 4 nitrogen and oxygen atoms in total. The molecule has 246 valence electrons. The molecule has 4 heteroatoms. The predicted molar refractivity (Wildman–Crippen MR) is 181 cm³/mol. The second-order valence-electron chi connectivity index (χ2n) is 12.3. The highest BCUT2D eigenvalue weighted by Gasteiger charge is 2.34. The monoisotopic (exact) mass is 591 g/mol. The van der Waals surface area contributed by atoms with Gasteiger partial charge in [-0.05, 0) is 64.2 Å². The van der Waals surface area contributed by atoms with Crippen LogP contribution in [0.25, 0.3) is 0 Å². The molecule has 0 fully saturated rings. The third-order valence-electron chi connectivity index (χ3n) is 8.55. The number of esters is 2. The molecule has 0 aromatic carbocycles. The normalized spacial score (nSPS) is 13.1. The molecule has 0 saturated heterocycles. The van der Waals surface area contributed by atoms with Gasteiger partial charge in [-0.15, -0.1) is 0 Å². The van der Waals surface area contributed by atoms with Crippen LogP contribution in [0.5, 0.6) is 0 Å². The average Bonchev–Trinajstić information content (AvgIpc) is 3.01. The van der Waals surface area contributed by atoms with E-state index in [1.807, 2.05) is 0 Å². The minimum absolute atomic E-state index is 0.265. The lowest BCUT2D eigenvalue weighted by Crippen LogP contribution is -2.32. The van der Waals surface area contributed by atoms with Gasteiger partial charge in [0.15, 0.2) is 0 Å². The Morgan fingerprint density at radius 1 is 0.429 bits per heavy atom. The van der Waals surface area contributed by atoms with E-state index < -0.39 is 11.8 Å². The van der Waals surface area contributed by atoms with E-state index in [2.05, 4.69) is 38.2 Å². The number of hydrogen-bond acceptors (Lipinski definition) is 4. The number of allylic oxidation sites excluding steroid dienone is 4. The topological polar surface area (TPSA) is 52.6 Å². The molecule has 2 atom stereocenters. The van der Waals surface area contributed by atoms with Crippen LogP contribution in [0.4, 0.5) is 0 Å². The van der Waals surface area contributed by atoms with Gasteiger partial charge in [0, 0.05) is 0 Å². The van der Waals surface area contributed by atoms with Gasteiger partial charge in [0.05, 0.1) is 26.1 Å². The minimum Gasteiger partial charge on any atom is -0.469 e. The maximum Gasteiger partial charge on any atom is 0.309 e. The number of methoxy groups -OCH3 is 2. The Morgan fingerprint density at radius 2 is 0.690 bits per heavy atom. The largest absolute Gasteiger partial charge is 0.469 e. The first kappa shape index (κ1) is 40.4. The molecular formula is C38H70O4. The Balaban J connectivity index is 4.17. The van der Waals surface area contributed by atoms with E-state index in [0.717, 1.165) is 51.4 Å². The third kappa shape index (κ3) is 25.0. The van der Waals surface area contributed by atoms with Crippen LogP contribution >= 0.6 is 0 Å². The third-order valence-corrected chi connectivity index (χ3v) is 8.55. The summed E-state index contributed by atoms with van der Waals surface area (Å²) in [5.41, 5.74) is 0. The van der Waals surface area contributed by atoms with Crippen molar-refractivity contribution in [2.45, 2.75) is 181 Å². The summed E-state index contributed by atoms with van der Waals surface area (Å²) in [7, 11) is 2.86. The first-order valence-electron chi connectivity index (χ1n) is 18.1. The summed E-state index contributed by atoms with van der Waals surface area (Å²) in [5.74, 6) is -1.33.